The Bertz CT molecular complexity index is 1070. The zero-order valence-electron chi connectivity index (χ0n) is 15.1. The van der Waals surface area contributed by atoms with E-state index in [1.165, 1.54) is 38.5 Å². The van der Waals surface area contributed by atoms with Crippen molar-refractivity contribution in [2.75, 3.05) is 19.2 Å². The predicted octanol–water partition coefficient (Wildman–Crippen LogP) is 3.38. The second kappa shape index (κ2) is 7.98. The molecule has 150 valence electrons. The molecule has 0 spiro atoms. The number of carbonyl (C=O) groups excluding carboxylic acids is 2. The van der Waals surface area contributed by atoms with Crippen molar-refractivity contribution in [2.45, 2.75) is 0 Å². The minimum Gasteiger partial charge on any atom is -0.493 e. The number of anilines is 1. The highest BCUT2D eigenvalue weighted by Crippen LogP contribution is 2.36. The van der Waals surface area contributed by atoms with Gasteiger partial charge >= 0.3 is 0 Å². The molecule has 29 heavy (non-hydrogen) atoms. The lowest BCUT2D eigenvalue weighted by Crippen LogP contribution is -2.35. The maximum absolute atomic E-state index is 12.7. The Labute approximate surface area is 174 Å². The zero-order chi connectivity index (χ0) is 21.3. The lowest BCUT2D eigenvalue weighted by Gasteiger charge is -2.15. The highest BCUT2D eigenvalue weighted by molar-refractivity contribution is 6.42. The smallest absolute Gasteiger partial charge is 0.282 e. The van der Waals surface area contributed by atoms with E-state index >= 15 is 0 Å². The molecule has 2 aromatic carbocycles. The van der Waals surface area contributed by atoms with Gasteiger partial charge in [0.15, 0.2) is 11.5 Å². The highest BCUT2D eigenvalue weighted by atomic mass is 35.5. The fraction of sp³-hybridized carbons (Fsp3) is 0.111. The van der Waals surface area contributed by atoms with Crippen LogP contribution < -0.4 is 19.9 Å². The minimum atomic E-state index is -0.731. The Morgan fingerprint density at radius 1 is 1.07 bits per heavy atom. The molecule has 0 radical (unpaired) electrons. The number of amides is 2. The summed E-state index contributed by atoms with van der Waals surface area (Å²) in [7, 11) is 2.70. The van der Waals surface area contributed by atoms with Gasteiger partial charge in [-0.2, -0.15) is 0 Å². The van der Waals surface area contributed by atoms with Gasteiger partial charge in [0.2, 0.25) is 0 Å². The quantitative estimate of drug-likeness (QED) is 0.332. The zero-order valence-corrected chi connectivity index (χ0v) is 16.6. The van der Waals surface area contributed by atoms with Crippen LogP contribution in [0.1, 0.15) is 5.56 Å². The van der Waals surface area contributed by atoms with Crippen molar-refractivity contribution < 1.29 is 24.0 Å². The number of halogens is 2. The molecule has 0 saturated carbocycles. The molecule has 2 aromatic rings. The van der Waals surface area contributed by atoms with Crippen LogP contribution in [-0.2, 0) is 9.59 Å². The van der Waals surface area contributed by atoms with Gasteiger partial charge in [-0.05, 0) is 30.3 Å². The Balaban J connectivity index is 2.06. The van der Waals surface area contributed by atoms with Crippen molar-refractivity contribution in [3.05, 3.63) is 61.6 Å². The van der Waals surface area contributed by atoms with Gasteiger partial charge in [-0.1, -0.05) is 23.2 Å². The molecule has 0 aliphatic carbocycles. The molecule has 0 aromatic heterocycles. The second-order valence-corrected chi connectivity index (χ2v) is 6.58. The molecule has 2 amide bonds. The summed E-state index contributed by atoms with van der Waals surface area (Å²) in [4.78, 5) is 35.9. The van der Waals surface area contributed by atoms with Crippen LogP contribution in [0.4, 0.5) is 11.4 Å². The average molecular weight is 438 g/mol. The van der Waals surface area contributed by atoms with Crippen molar-refractivity contribution in [3.8, 4) is 11.5 Å². The van der Waals surface area contributed by atoms with Gasteiger partial charge in [-0.3, -0.25) is 25.1 Å². The lowest BCUT2D eigenvalue weighted by molar-refractivity contribution is -0.385. The summed E-state index contributed by atoms with van der Waals surface area (Å²) in [6.07, 6.45) is 1.12. The SMILES string of the molecule is COc1cc(/C=C2/C(=O)NN(c3ccc(Cl)c(Cl)c3)C2=O)c([N+](=O)[O-])cc1OC. The van der Waals surface area contributed by atoms with Gasteiger partial charge in [0, 0.05) is 0 Å². The number of carbonyl (C=O) groups is 2. The van der Waals surface area contributed by atoms with Gasteiger partial charge in [0.25, 0.3) is 17.5 Å². The van der Waals surface area contributed by atoms with Crippen molar-refractivity contribution in [1.29, 1.82) is 0 Å². The first-order valence-electron chi connectivity index (χ1n) is 7.99. The summed E-state index contributed by atoms with van der Waals surface area (Å²) in [6, 6.07) is 6.84. The van der Waals surface area contributed by atoms with Crippen LogP contribution in [0.3, 0.4) is 0 Å². The van der Waals surface area contributed by atoms with Crippen LogP contribution in [-0.4, -0.2) is 31.0 Å². The van der Waals surface area contributed by atoms with Crippen LogP contribution in [0.25, 0.3) is 6.08 Å². The molecule has 1 N–H and O–H groups in total. The fourth-order valence-corrected chi connectivity index (χ4v) is 2.97. The van der Waals surface area contributed by atoms with E-state index in [9.17, 15) is 19.7 Å². The monoisotopic (exact) mass is 437 g/mol. The van der Waals surface area contributed by atoms with E-state index in [1.54, 1.807) is 0 Å². The number of nitro benzene ring substituents is 1. The number of nitrogens with one attached hydrogen (secondary N) is 1. The number of rotatable bonds is 5. The lowest BCUT2D eigenvalue weighted by atomic mass is 10.1. The number of benzene rings is 2. The average Bonchev–Trinajstić information content (AvgIpc) is 2.97. The number of hydrazine groups is 1. The van der Waals surface area contributed by atoms with Crippen LogP contribution in [0.15, 0.2) is 35.9 Å². The Morgan fingerprint density at radius 2 is 1.72 bits per heavy atom. The second-order valence-electron chi connectivity index (χ2n) is 5.76. The van der Waals surface area contributed by atoms with Crippen LogP contribution in [0.5, 0.6) is 11.5 Å². The van der Waals surface area contributed by atoms with Crippen LogP contribution in [0, 0.1) is 10.1 Å². The number of methoxy groups -OCH3 is 2. The number of nitro groups is 1. The van der Waals surface area contributed by atoms with E-state index < -0.39 is 16.7 Å². The van der Waals surface area contributed by atoms with E-state index in [4.69, 9.17) is 32.7 Å². The molecule has 1 aliphatic rings. The molecule has 1 heterocycles. The predicted molar refractivity (Wildman–Crippen MR) is 106 cm³/mol. The maximum atomic E-state index is 12.7. The van der Waals surface area contributed by atoms with Gasteiger partial charge in [0.05, 0.1) is 46.5 Å². The third-order valence-electron chi connectivity index (χ3n) is 4.08. The fourth-order valence-electron chi connectivity index (χ4n) is 2.68. The first kappa shape index (κ1) is 20.4. The van der Waals surface area contributed by atoms with Crippen molar-refractivity contribution in [2.24, 2.45) is 0 Å². The molecular formula is C18H13Cl2N3O6. The van der Waals surface area contributed by atoms with Crippen LogP contribution in [0.2, 0.25) is 10.0 Å². The maximum Gasteiger partial charge on any atom is 0.282 e. The van der Waals surface area contributed by atoms with E-state index in [2.05, 4.69) is 5.43 Å². The van der Waals surface area contributed by atoms with E-state index in [1.807, 2.05) is 0 Å². The number of hydrogen-bond donors (Lipinski definition) is 1. The standard InChI is InChI=1S/C18H13Cl2N3O6/c1-28-15-6-9(14(23(26)27)8-16(15)29-2)5-11-17(24)21-22(18(11)25)10-3-4-12(19)13(20)7-10/h3-8H,1-2H3,(H,21,24)/b11-5-. The topological polar surface area (TPSA) is 111 Å². The summed E-state index contributed by atoms with van der Waals surface area (Å²) in [5, 5.41) is 12.9. The molecular weight excluding hydrogens is 425 g/mol. The normalized spacial score (nSPS) is 14.9. The van der Waals surface area contributed by atoms with Crippen molar-refractivity contribution in [3.63, 3.8) is 0 Å². The Hall–Kier alpha value is -3.30. The summed E-state index contributed by atoms with van der Waals surface area (Å²) in [5.41, 5.74) is 2.01. The first-order chi connectivity index (χ1) is 13.8. The van der Waals surface area contributed by atoms with E-state index in [-0.39, 0.29) is 44.1 Å². The first-order valence-corrected chi connectivity index (χ1v) is 8.75. The molecule has 1 saturated heterocycles. The van der Waals surface area contributed by atoms with Gasteiger partial charge in [-0.25, -0.2) is 5.01 Å². The summed E-state index contributed by atoms with van der Waals surface area (Å²) < 4.78 is 10.2. The van der Waals surface area contributed by atoms with E-state index in [0.717, 1.165) is 17.2 Å². The Kier molecular flexibility index (Phi) is 5.62. The largest absolute Gasteiger partial charge is 0.493 e. The molecule has 0 bridgehead atoms. The molecule has 9 nitrogen and oxygen atoms in total. The highest BCUT2D eigenvalue weighted by Gasteiger charge is 2.35. The number of hydrogen-bond acceptors (Lipinski definition) is 6. The van der Waals surface area contributed by atoms with Crippen molar-refractivity contribution in [1.82, 2.24) is 5.43 Å². The summed E-state index contributed by atoms with van der Waals surface area (Å²) in [5.74, 6) is -1.10. The van der Waals surface area contributed by atoms with Gasteiger partial charge in [0.1, 0.15) is 5.57 Å². The summed E-state index contributed by atoms with van der Waals surface area (Å²) in [6.45, 7) is 0. The third-order valence-corrected chi connectivity index (χ3v) is 4.82. The number of ether oxygens (including phenoxy) is 2. The van der Waals surface area contributed by atoms with E-state index in [0.29, 0.717) is 0 Å². The number of nitrogens with zero attached hydrogens (tertiary/aromatic N) is 2. The van der Waals surface area contributed by atoms with Gasteiger partial charge in [-0.15, -0.1) is 0 Å². The van der Waals surface area contributed by atoms with Crippen molar-refractivity contribution >= 4 is 52.5 Å². The molecule has 1 aliphatic heterocycles. The molecule has 3 rings (SSSR count). The van der Waals surface area contributed by atoms with Gasteiger partial charge < -0.3 is 9.47 Å². The minimum absolute atomic E-state index is 0.00198. The third kappa shape index (κ3) is 3.82. The molecule has 1 fully saturated rings. The molecule has 0 atom stereocenters. The van der Waals surface area contributed by atoms with Crippen LogP contribution >= 0.6 is 23.2 Å². The molecule has 11 heteroatoms. The summed E-state index contributed by atoms with van der Waals surface area (Å²) >= 11 is 11.8. The molecule has 0 unspecified atom stereocenters. The Morgan fingerprint density at radius 3 is 2.31 bits per heavy atom.